The molecule has 2 fully saturated rings. The second kappa shape index (κ2) is 5.73. The van der Waals surface area contributed by atoms with Gasteiger partial charge in [-0.1, -0.05) is 13.8 Å². The molecule has 2 amide bonds. The molecule has 2 saturated heterocycles. The molecule has 0 radical (unpaired) electrons. The van der Waals surface area contributed by atoms with Crippen molar-refractivity contribution in [3.63, 3.8) is 0 Å². The Morgan fingerprint density at radius 1 is 1.22 bits per heavy atom. The van der Waals surface area contributed by atoms with E-state index in [0.29, 0.717) is 0 Å². The maximum absolute atomic E-state index is 12.8. The molecule has 0 aromatic rings. The quantitative estimate of drug-likeness (QED) is 0.798. The van der Waals surface area contributed by atoms with Crippen molar-refractivity contribution < 1.29 is 27.9 Å². The zero-order valence-electron chi connectivity index (χ0n) is 13.6. The van der Waals surface area contributed by atoms with Crippen molar-refractivity contribution in [1.82, 2.24) is 9.80 Å². The average Bonchev–Trinajstić information content (AvgIpc) is 2.65. The summed E-state index contributed by atoms with van der Waals surface area (Å²) in [7, 11) is 0. The zero-order chi connectivity index (χ0) is 17.6. The second-order valence-electron chi connectivity index (χ2n) is 7.16. The Morgan fingerprint density at radius 3 is 2.13 bits per heavy atom. The highest BCUT2D eigenvalue weighted by atomic mass is 19.4. The van der Waals surface area contributed by atoms with Gasteiger partial charge in [0.05, 0.1) is 12.1 Å². The summed E-state index contributed by atoms with van der Waals surface area (Å²) in [4.78, 5) is 27.4. The molecule has 8 heteroatoms. The van der Waals surface area contributed by atoms with Crippen molar-refractivity contribution in [2.45, 2.75) is 51.8 Å². The van der Waals surface area contributed by atoms with Crippen LogP contribution in [0.2, 0.25) is 0 Å². The number of rotatable bonds is 3. The summed E-state index contributed by atoms with van der Waals surface area (Å²) in [6.07, 6.45) is -5.43. The van der Waals surface area contributed by atoms with E-state index in [-0.39, 0.29) is 43.9 Å². The third kappa shape index (κ3) is 3.10. The lowest BCUT2D eigenvalue weighted by Gasteiger charge is -2.40. The van der Waals surface area contributed by atoms with E-state index in [1.54, 1.807) is 11.8 Å². The number of carbonyl (C=O) groups is 2. The molecule has 0 spiro atoms. The predicted octanol–water partition coefficient (Wildman–Crippen LogP) is 1.75. The lowest BCUT2D eigenvalue weighted by Crippen LogP contribution is -2.55. The molecule has 1 unspecified atom stereocenters. The number of nitrogens with zero attached hydrogens (tertiary/aromatic N) is 2. The smallest absolute Gasteiger partial charge is 0.380 e. The van der Waals surface area contributed by atoms with Gasteiger partial charge in [0, 0.05) is 19.5 Å². The van der Waals surface area contributed by atoms with Crippen LogP contribution in [0.3, 0.4) is 0 Å². The van der Waals surface area contributed by atoms with Crippen molar-refractivity contribution in [3.05, 3.63) is 0 Å². The number of halogens is 3. The summed E-state index contributed by atoms with van der Waals surface area (Å²) in [5.74, 6) is -0.558. The van der Waals surface area contributed by atoms with Gasteiger partial charge in [-0.25, -0.2) is 0 Å². The van der Waals surface area contributed by atoms with Gasteiger partial charge in [0.1, 0.15) is 0 Å². The molecule has 1 N–H and O–H groups in total. The molecule has 5 nitrogen and oxygen atoms in total. The first-order chi connectivity index (χ1) is 10.4. The van der Waals surface area contributed by atoms with Gasteiger partial charge < -0.3 is 5.11 Å². The van der Waals surface area contributed by atoms with Crippen molar-refractivity contribution in [2.24, 2.45) is 11.3 Å². The van der Waals surface area contributed by atoms with Gasteiger partial charge in [0.15, 0.2) is 5.60 Å². The van der Waals surface area contributed by atoms with Crippen molar-refractivity contribution in [1.29, 1.82) is 0 Å². The van der Waals surface area contributed by atoms with Gasteiger partial charge in [0.2, 0.25) is 11.8 Å². The number of alkyl halides is 3. The highest BCUT2D eigenvalue weighted by Gasteiger charge is 2.55. The Balaban J connectivity index is 2.00. The predicted molar refractivity (Wildman–Crippen MR) is 76.1 cm³/mol. The third-order valence-electron chi connectivity index (χ3n) is 5.38. The van der Waals surface area contributed by atoms with E-state index in [2.05, 4.69) is 0 Å². The van der Waals surface area contributed by atoms with Crippen LogP contribution in [-0.4, -0.2) is 58.3 Å². The van der Waals surface area contributed by atoms with Crippen LogP contribution in [-0.2, 0) is 9.59 Å². The van der Waals surface area contributed by atoms with Crippen LogP contribution in [0, 0.1) is 11.3 Å². The van der Waals surface area contributed by atoms with Gasteiger partial charge >= 0.3 is 6.18 Å². The average molecular weight is 336 g/mol. The molecule has 1 atom stereocenters. The van der Waals surface area contributed by atoms with Crippen LogP contribution in [0.4, 0.5) is 13.2 Å². The summed E-state index contributed by atoms with van der Waals surface area (Å²) in [6, 6.07) is 0. The lowest BCUT2D eigenvalue weighted by atomic mass is 9.78. The normalized spacial score (nSPS) is 29.7. The van der Waals surface area contributed by atoms with E-state index < -0.39 is 30.0 Å². The molecule has 0 bridgehead atoms. The number of hydrogen-bond acceptors (Lipinski definition) is 4. The maximum Gasteiger partial charge on any atom is 0.417 e. The Bertz CT molecular complexity index is 499. The minimum atomic E-state index is -4.66. The molecule has 2 heterocycles. The number of hydrogen-bond donors (Lipinski definition) is 1. The monoisotopic (exact) mass is 336 g/mol. The Kier molecular flexibility index (Phi) is 4.54. The molecule has 132 valence electrons. The molecule has 0 aromatic heterocycles. The molecule has 2 aliphatic heterocycles. The summed E-state index contributed by atoms with van der Waals surface area (Å²) < 4.78 is 38.4. The molecule has 0 aliphatic carbocycles. The van der Waals surface area contributed by atoms with E-state index in [9.17, 15) is 27.9 Å². The van der Waals surface area contributed by atoms with E-state index in [1.807, 2.05) is 13.8 Å². The topological polar surface area (TPSA) is 60.9 Å². The minimum Gasteiger partial charge on any atom is -0.380 e. The standard InChI is InChI=1S/C15H23F3N2O3/c1-10(2)13(3)8-11(21)20(12(13)22)9-19-6-4-14(23,5-7-19)15(16,17)18/h10,23H,4-9H2,1-3H3. The number of piperidine rings is 1. The van der Waals surface area contributed by atoms with Crippen LogP contribution in [0.5, 0.6) is 0 Å². The fourth-order valence-electron chi connectivity index (χ4n) is 3.05. The molecule has 2 aliphatic rings. The number of imide groups is 1. The van der Waals surface area contributed by atoms with Gasteiger partial charge in [0.25, 0.3) is 0 Å². The van der Waals surface area contributed by atoms with E-state index in [0.717, 1.165) is 4.90 Å². The highest BCUT2D eigenvalue weighted by molar-refractivity contribution is 6.05. The third-order valence-corrected chi connectivity index (χ3v) is 5.38. The number of likely N-dealkylation sites (tertiary alicyclic amines) is 2. The lowest BCUT2D eigenvalue weighted by molar-refractivity contribution is -0.273. The molecular weight excluding hydrogens is 313 g/mol. The van der Waals surface area contributed by atoms with E-state index in [1.165, 1.54) is 0 Å². The van der Waals surface area contributed by atoms with Gasteiger partial charge in [-0.3, -0.25) is 19.4 Å². The Morgan fingerprint density at radius 2 is 1.74 bits per heavy atom. The van der Waals surface area contributed by atoms with Crippen LogP contribution < -0.4 is 0 Å². The van der Waals surface area contributed by atoms with E-state index >= 15 is 0 Å². The van der Waals surface area contributed by atoms with Crippen molar-refractivity contribution >= 4 is 11.8 Å². The first-order valence-corrected chi connectivity index (χ1v) is 7.77. The van der Waals surface area contributed by atoms with Crippen LogP contribution >= 0.6 is 0 Å². The van der Waals surface area contributed by atoms with Crippen molar-refractivity contribution in [2.75, 3.05) is 19.8 Å². The van der Waals surface area contributed by atoms with Gasteiger partial charge in [-0.05, 0) is 25.7 Å². The SMILES string of the molecule is CC(C)C1(C)CC(=O)N(CN2CCC(O)(C(F)(F)F)CC2)C1=O. The van der Waals surface area contributed by atoms with Crippen molar-refractivity contribution in [3.8, 4) is 0 Å². The summed E-state index contributed by atoms with van der Waals surface area (Å²) in [5, 5.41) is 9.65. The number of carbonyl (C=O) groups excluding carboxylic acids is 2. The first-order valence-electron chi connectivity index (χ1n) is 7.77. The Hall–Kier alpha value is -1.15. The summed E-state index contributed by atoms with van der Waals surface area (Å²) in [6.45, 7) is 5.47. The fourth-order valence-corrected chi connectivity index (χ4v) is 3.05. The van der Waals surface area contributed by atoms with Crippen LogP contribution in [0.1, 0.15) is 40.0 Å². The first kappa shape index (κ1) is 18.2. The number of aliphatic hydroxyl groups is 1. The maximum atomic E-state index is 12.8. The second-order valence-corrected chi connectivity index (χ2v) is 7.16. The zero-order valence-corrected chi connectivity index (χ0v) is 13.6. The molecule has 0 saturated carbocycles. The van der Waals surface area contributed by atoms with Crippen LogP contribution in [0.15, 0.2) is 0 Å². The molecule has 2 rings (SSSR count). The van der Waals surface area contributed by atoms with Crippen LogP contribution in [0.25, 0.3) is 0 Å². The highest BCUT2D eigenvalue weighted by Crippen LogP contribution is 2.41. The number of amides is 2. The minimum absolute atomic E-state index is 0.000580. The van der Waals surface area contributed by atoms with Gasteiger partial charge in [-0.15, -0.1) is 0 Å². The molecule has 23 heavy (non-hydrogen) atoms. The Labute approximate surface area is 133 Å². The molecule has 0 aromatic carbocycles. The molecular formula is C15H23F3N2O3. The summed E-state index contributed by atoms with van der Waals surface area (Å²) in [5.41, 5.74) is -3.42. The largest absolute Gasteiger partial charge is 0.417 e. The fraction of sp³-hybridized carbons (Fsp3) is 0.867. The summed E-state index contributed by atoms with van der Waals surface area (Å²) >= 11 is 0. The van der Waals surface area contributed by atoms with E-state index in [4.69, 9.17) is 0 Å². The van der Waals surface area contributed by atoms with Gasteiger partial charge in [-0.2, -0.15) is 13.2 Å².